The summed E-state index contributed by atoms with van der Waals surface area (Å²) in [5, 5.41) is 0. The third-order valence-electron chi connectivity index (χ3n) is 6.07. The van der Waals surface area contributed by atoms with Crippen LogP contribution in [0.1, 0.15) is 0 Å². The minimum Gasteiger partial charge on any atom is -0.265 e. The lowest BCUT2D eigenvalue weighted by molar-refractivity contribution is -0.601. The zero-order valence-electron chi connectivity index (χ0n) is 26.3. The van der Waals surface area contributed by atoms with E-state index in [1.807, 2.05) is 0 Å². The number of alkyl halides is 37. The van der Waals surface area contributed by atoms with E-state index in [2.05, 4.69) is 0 Å². The molecule has 62 heavy (non-hydrogen) atoms. The Bertz CT molecular complexity index is 1580. The predicted octanol–water partition coefficient (Wildman–Crippen LogP) is 12.2. The van der Waals surface area contributed by atoms with Gasteiger partial charge in [-0.25, -0.2) is 0 Å². The summed E-state index contributed by atoms with van der Waals surface area (Å²) in [4.78, 5) is 0. The quantitative estimate of drug-likeness (QED) is 0.107. The van der Waals surface area contributed by atoms with E-state index >= 15 is 0 Å². The van der Waals surface area contributed by atoms with E-state index in [4.69, 9.17) is 0 Å². The lowest BCUT2D eigenvalue weighted by atomic mass is 10.1. The van der Waals surface area contributed by atoms with Crippen LogP contribution in [-0.4, -0.2) is 109 Å². The fraction of sp³-hybridized carbons (Fsp3) is 0.900. The zero-order chi connectivity index (χ0) is 51.2. The Morgan fingerprint density at radius 1 is 0.226 bits per heavy atom. The Balaban J connectivity index is 8.10. The molecule has 0 saturated heterocycles. The van der Waals surface area contributed by atoms with E-state index in [9.17, 15) is 162 Å². The van der Waals surface area contributed by atoms with Crippen LogP contribution in [0.3, 0.4) is 0 Å². The van der Waals surface area contributed by atoms with Crippen LogP contribution in [0.15, 0.2) is 12.7 Å². The molecule has 0 aromatic rings. The fourth-order valence-corrected chi connectivity index (χ4v) is 2.95. The Kier molecular flexibility index (Phi) is 14.5. The summed E-state index contributed by atoms with van der Waals surface area (Å²) < 4.78 is 502. The highest BCUT2D eigenvalue weighted by atomic mass is 19.5. The van der Waals surface area contributed by atoms with Crippen molar-refractivity contribution in [1.29, 1.82) is 0 Å². The highest BCUT2D eigenvalue weighted by molar-refractivity contribution is 5.06. The summed E-state index contributed by atoms with van der Waals surface area (Å²) in [6.07, 6.45) is -101. The first kappa shape index (κ1) is 58.9. The van der Waals surface area contributed by atoms with E-state index < -0.39 is 115 Å². The summed E-state index contributed by atoms with van der Waals surface area (Å²) in [5.74, 6) is -61.6. The monoisotopic (exact) mass is 1030 g/mol. The Morgan fingerprint density at radius 2 is 0.387 bits per heavy atom. The van der Waals surface area contributed by atoms with E-state index in [1.54, 1.807) is 0 Å². The van der Waals surface area contributed by atoms with Crippen LogP contribution >= 0.6 is 0 Å². The molecular weight excluding hydrogens is 1020 g/mol. The van der Waals surface area contributed by atoms with E-state index in [0.717, 1.165) is 14.2 Å². The van der Waals surface area contributed by atoms with Gasteiger partial charge in [0.2, 0.25) is 0 Å². The molecule has 0 heterocycles. The van der Waals surface area contributed by atoms with Crippen molar-refractivity contribution >= 4 is 0 Å². The maximum Gasteiger partial charge on any atom is 0.462 e. The molecule has 0 aliphatic rings. The Labute approximate surface area is 309 Å². The average Bonchev–Trinajstić information content (AvgIpc) is 2.95. The van der Waals surface area contributed by atoms with Gasteiger partial charge >= 0.3 is 109 Å². The summed E-state index contributed by atoms with van der Waals surface area (Å²) in [6.45, 7) is 1.52. The normalized spacial score (nSPS) is 20.7. The second-order valence-electron chi connectivity index (χ2n) is 10.5. The summed E-state index contributed by atoms with van der Waals surface area (Å²) in [6, 6.07) is 0. The molecule has 0 rings (SSSR count). The van der Waals surface area contributed by atoms with Gasteiger partial charge in [-0.3, -0.25) is 23.7 Å². The molecule has 0 aromatic carbocycles. The molecule has 0 fully saturated rings. The van der Waals surface area contributed by atoms with Crippen molar-refractivity contribution in [2.45, 2.75) is 109 Å². The lowest BCUT2D eigenvalue weighted by Gasteiger charge is -2.45. The van der Waals surface area contributed by atoms with Gasteiger partial charge in [0.1, 0.15) is 0 Å². The maximum atomic E-state index is 14.6. The maximum absolute atomic E-state index is 14.6. The number of halogens is 37. The van der Waals surface area contributed by atoms with Crippen molar-refractivity contribution < 1.29 is 186 Å². The molecule has 0 bridgehead atoms. The molecule has 0 aliphatic carbocycles. The first-order valence-electron chi connectivity index (χ1n) is 12.7. The van der Waals surface area contributed by atoms with Gasteiger partial charge in [0, 0.05) is 0 Å². The summed E-state index contributed by atoms with van der Waals surface area (Å²) >= 11 is 0. The van der Waals surface area contributed by atoms with Gasteiger partial charge in [-0.1, -0.05) is 6.58 Å². The zero-order valence-corrected chi connectivity index (χ0v) is 26.3. The topological polar surface area (TPSA) is 46.2 Å². The number of ether oxygens (including phenoxy) is 5. The molecule has 0 radical (unpaired) electrons. The standard InChI is InChI=1S/C20H3F37O5/c1-2-3(21,22)5(25,11(33,34)35)58-17(50,51)7(27,13(39,40)41)60-19(54,55)9(29,15(45,46)47)62-20(56,57)8(28,14(42,43)44)61-18(52,53)6(26,12(36,37)38)59-16(48,49)4(23,24)10(30,31)32/h2H,1H2. The SMILES string of the molecule is C=CC(F)(F)C(F)(OC(F)(F)C(F)(OC(F)(F)C(F)(OC(F)(F)C(F)(OC(F)(F)C(F)(OC(F)(F)C(F)(F)C(F)(F)F)C(F)(F)F)C(F)(F)F)C(F)(F)F)C(F)(F)F)C(F)(F)F. The van der Waals surface area contributed by atoms with Gasteiger partial charge in [-0.2, -0.15) is 162 Å². The van der Waals surface area contributed by atoms with Gasteiger partial charge in [0.15, 0.2) is 0 Å². The molecule has 0 spiro atoms. The third kappa shape index (κ3) is 9.37. The van der Waals surface area contributed by atoms with Crippen LogP contribution in [0.2, 0.25) is 0 Å². The highest BCUT2D eigenvalue weighted by Crippen LogP contribution is 2.63. The Morgan fingerprint density at radius 3 is 0.532 bits per heavy atom. The molecular formula is C20H3F37O5. The van der Waals surface area contributed by atoms with E-state index in [-0.39, 0.29) is 0 Å². The first-order valence-corrected chi connectivity index (χ1v) is 12.7. The summed E-state index contributed by atoms with van der Waals surface area (Å²) in [5.41, 5.74) is 0. The van der Waals surface area contributed by atoms with Crippen molar-refractivity contribution in [1.82, 2.24) is 0 Å². The van der Waals surface area contributed by atoms with Gasteiger partial charge < -0.3 is 0 Å². The third-order valence-corrected chi connectivity index (χ3v) is 6.07. The molecule has 42 heteroatoms. The van der Waals surface area contributed by atoms with Gasteiger partial charge in [0.25, 0.3) is 0 Å². The molecule has 0 amide bonds. The molecule has 0 saturated carbocycles. The number of rotatable bonds is 17. The van der Waals surface area contributed by atoms with E-state index in [0.29, 0.717) is 9.47 Å². The first-order chi connectivity index (χ1) is 26.1. The van der Waals surface area contributed by atoms with Crippen molar-refractivity contribution in [3.05, 3.63) is 12.7 Å². The smallest absolute Gasteiger partial charge is 0.265 e. The molecule has 5 unspecified atom stereocenters. The van der Waals surface area contributed by atoms with Crippen LogP contribution in [0.5, 0.6) is 0 Å². The van der Waals surface area contributed by atoms with Crippen LogP contribution in [-0.2, 0) is 23.7 Å². The second-order valence-corrected chi connectivity index (χ2v) is 10.5. The van der Waals surface area contributed by atoms with Crippen LogP contribution < -0.4 is 0 Å². The van der Waals surface area contributed by atoms with Crippen molar-refractivity contribution in [2.24, 2.45) is 0 Å². The fourth-order valence-electron chi connectivity index (χ4n) is 2.95. The number of hydrogen-bond donors (Lipinski definition) is 0. The molecule has 372 valence electrons. The van der Waals surface area contributed by atoms with Crippen molar-refractivity contribution in [3.8, 4) is 0 Å². The molecule has 0 aliphatic heterocycles. The largest absolute Gasteiger partial charge is 0.462 e. The lowest BCUT2D eigenvalue weighted by Crippen LogP contribution is -2.73. The van der Waals surface area contributed by atoms with E-state index in [1.165, 1.54) is 6.58 Å². The molecule has 5 nitrogen and oxygen atoms in total. The average molecular weight is 1030 g/mol. The highest BCUT2D eigenvalue weighted by Gasteiger charge is 2.91. The number of hydrogen-bond acceptors (Lipinski definition) is 5. The van der Waals surface area contributed by atoms with Gasteiger partial charge in [-0.15, -0.1) is 0 Å². The van der Waals surface area contributed by atoms with Crippen LogP contribution in [0, 0.1) is 0 Å². The van der Waals surface area contributed by atoms with Gasteiger partial charge in [-0.05, 0) is 6.08 Å². The molecule has 0 aromatic heterocycles. The van der Waals surface area contributed by atoms with Gasteiger partial charge in [0.05, 0.1) is 0 Å². The minimum absolute atomic E-state index is 0.667. The Hall–Kier alpha value is -3.05. The molecule has 5 atom stereocenters. The van der Waals surface area contributed by atoms with Crippen LogP contribution in [0.25, 0.3) is 0 Å². The second kappa shape index (κ2) is 15.3. The van der Waals surface area contributed by atoms with Crippen molar-refractivity contribution in [3.63, 3.8) is 0 Å². The predicted molar refractivity (Wildman–Crippen MR) is 106 cm³/mol. The molecule has 0 N–H and O–H groups in total. The van der Waals surface area contributed by atoms with Crippen LogP contribution in [0.4, 0.5) is 162 Å². The minimum atomic E-state index is -9.66. The van der Waals surface area contributed by atoms with Crippen molar-refractivity contribution in [2.75, 3.05) is 0 Å². The summed E-state index contributed by atoms with van der Waals surface area (Å²) in [7, 11) is 0.